The zero-order valence-corrected chi connectivity index (χ0v) is 11.8. The summed E-state index contributed by atoms with van der Waals surface area (Å²) in [5.41, 5.74) is 1.24. The first-order valence-corrected chi connectivity index (χ1v) is 6.96. The molecule has 16 heavy (non-hydrogen) atoms. The second kappa shape index (κ2) is 5.37. The van der Waals surface area contributed by atoms with E-state index in [9.17, 15) is 0 Å². The van der Waals surface area contributed by atoms with Crippen molar-refractivity contribution < 1.29 is 0 Å². The highest BCUT2D eigenvalue weighted by molar-refractivity contribution is 9.10. The Bertz CT molecular complexity index is 370. The van der Waals surface area contributed by atoms with E-state index in [-0.39, 0.29) is 0 Å². The highest BCUT2D eigenvalue weighted by atomic mass is 79.9. The highest BCUT2D eigenvalue weighted by Gasteiger charge is 2.23. The van der Waals surface area contributed by atoms with Gasteiger partial charge >= 0.3 is 0 Å². The molecule has 88 valence electrons. The first-order chi connectivity index (χ1) is 7.70. The van der Waals surface area contributed by atoms with E-state index in [2.05, 4.69) is 38.8 Å². The van der Waals surface area contributed by atoms with Crippen molar-refractivity contribution in [2.75, 3.05) is 23.9 Å². The second-order valence-electron chi connectivity index (χ2n) is 4.37. The fraction of sp³-hybridized carbons (Fsp3) is 0.583. The van der Waals surface area contributed by atoms with Gasteiger partial charge in [-0.25, -0.2) is 4.98 Å². The molecule has 0 bridgehead atoms. The lowest BCUT2D eigenvalue weighted by Crippen LogP contribution is -2.21. The number of nitrogens with zero attached hydrogens (tertiary/aromatic N) is 2. The molecule has 2 rings (SSSR count). The molecule has 1 unspecified atom stereocenters. The maximum absolute atomic E-state index is 5.79. The molecule has 1 fully saturated rings. The fourth-order valence-corrected chi connectivity index (χ4v) is 3.03. The van der Waals surface area contributed by atoms with E-state index in [1.54, 1.807) is 0 Å². The largest absolute Gasteiger partial charge is 0.356 e. The molecule has 0 saturated carbocycles. The summed E-state index contributed by atoms with van der Waals surface area (Å²) in [5.74, 6) is 2.63. The maximum atomic E-state index is 5.79. The monoisotopic (exact) mass is 302 g/mol. The van der Waals surface area contributed by atoms with Crippen molar-refractivity contribution in [2.24, 2.45) is 5.92 Å². The number of hydrogen-bond donors (Lipinski definition) is 0. The van der Waals surface area contributed by atoms with Gasteiger partial charge in [0.2, 0.25) is 0 Å². The minimum Gasteiger partial charge on any atom is -0.356 e. The van der Waals surface area contributed by atoms with Gasteiger partial charge in [-0.05, 0) is 53.2 Å². The Labute approximate surface area is 110 Å². The summed E-state index contributed by atoms with van der Waals surface area (Å²) in [6.45, 7) is 4.32. The topological polar surface area (TPSA) is 16.1 Å². The van der Waals surface area contributed by atoms with E-state index >= 15 is 0 Å². The van der Waals surface area contributed by atoms with Crippen LogP contribution in [0.25, 0.3) is 0 Å². The quantitative estimate of drug-likeness (QED) is 0.793. The average Bonchev–Trinajstić information content (AvgIpc) is 2.67. The molecule has 4 heteroatoms. The molecule has 1 saturated heterocycles. The van der Waals surface area contributed by atoms with Crippen LogP contribution < -0.4 is 4.90 Å². The third-order valence-corrected chi connectivity index (χ3v) is 3.77. The first kappa shape index (κ1) is 12.2. The van der Waals surface area contributed by atoms with Crippen LogP contribution in [0.15, 0.2) is 16.7 Å². The lowest BCUT2D eigenvalue weighted by Gasteiger charge is -2.19. The maximum Gasteiger partial charge on any atom is 0.131 e. The zero-order valence-electron chi connectivity index (χ0n) is 9.42. The van der Waals surface area contributed by atoms with Gasteiger partial charge in [0.1, 0.15) is 5.82 Å². The molecule has 0 radical (unpaired) electrons. The number of hydrogen-bond acceptors (Lipinski definition) is 2. The van der Waals surface area contributed by atoms with Crippen LogP contribution in [0.4, 0.5) is 5.82 Å². The number of aromatic nitrogens is 1. The van der Waals surface area contributed by atoms with Crippen LogP contribution in [0, 0.1) is 12.8 Å². The van der Waals surface area contributed by atoms with Gasteiger partial charge in [0.05, 0.1) is 0 Å². The van der Waals surface area contributed by atoms with Crippen LogP contribution >= 0.6 is 27.5 Å². The Balaban J connectivity index is 2.08. The van der Waals surface area contributed by atoms with E-state index in [0.29, 0.717) is 0 Å². The minimum absolute atomic E-state index is 0.738. The Kier molecular flexibility index (Phi) is 4.09. The first-order valence-electron chi connectivity index (χ1n) is 5.63. The molecule has 0 N–H and O–H groups in total. The van der Waals surface area contributed by atoms with Crippen LogP contribution in [-0.4, -0.2) is 24.0 Å². The van der Waals surface area contributed by atoms with Crippen molar-refractivity contribution >= 4 is 33.3 Å². The fourth-order valence-electron chi connectivity index (χ4n) is 2.28. The lowest BCUT2D eigenvalue weighted by atomic mass is 10.1. The molecule has 0 spiro atoms. The third kappa shape index (κ3) is 2.69. The van der Waals surface area contributed by atoms with E-state index < -0.39 is 0 Å². The van der Waals surface area contributed by atoms with Crippen molar-refractivity contribution in [3.8, 4) is 0 Å². The molecule has 0 aromatic carbocycles. The van der Waals surface area contributed by atoms with Crippen LogP contribution in [-0.2, 0) is 0 Å². The predicted molar refractivity (Wildman–Crippen MR) is 72.3 cm³/mol. The van der Waals surface area contributed by atoms with Crippen molar-refractivity contribution in [2.45, 2.75) is 19.8 Å². The summed E-state index contributed by atoms with van der Waals surface area (Å²) in [4.78, 5) is 6.87. The summed E-state index contributed by atoms with van der Waals surface area (Å²) in [6.07, 6.45) is 4.23. The van der Waals surface area contributed by atoms with Crippen LogP contribution in [0.5, 0.6) is 0 Å². The highest BCUT2D eigenvalue weighted by Crippen LogP contribution is 2.27. The number of aryl methyl sites for hydroxylation is 1. The van der Waals surface area contributed by atoms with Gasteiger partial charge in [-0.1, -0.05) is 0 Å². The minimum atomic E-state index is 0.738. The van der Waals surface area contributed by atoms with Gasteiger partial charge in [-0.2, -0.15) is 0 Å². The van der Waals surface area contributed by atoms with Gasteiger partial charge in [0.25, 0.3) is 0 Å². The molecule has 1 aromatic rings. The molecule has 1 atom stereocenters. The molecule has 0 amide bonds. The molecule has 2 nitrogen and oxygen atoms in total. The molecule has 1 aromatic heterocycles. The SMILES string of the molecule is Cc1cc(Br)cnc1N1CCC(CCCl)C1. The molecule has 0 aliphatic carbocycles. The molecule has 1 aliphatic rings. The smallest absolute Gasteiger partial charge is 0.131 e. The molecule has 2 heterocycles. The van der Waals surface area contributed by atoms with Gasteiger partial charge in [-0.15, -0.1) is 11.6 Å². The van der Waals surface area contributed by atoms with Crippen LogP contribution in [0.1, 0.15) is 18.4 Å². The Morgan fingerprint density at radius 3 is 3.12 bits per heavy atom. The van der Waals surface area contributed by atoms with Gasteiger partial charge in [0, 0.05) is 29.6 Å². The zero-order chi connectivity index (χ0) is 11.5. The van der Waals surface area contributed by atoms with Crippen molar-refractivity contribution in [3.05, 3.63) is 22.3 Å². The van der Waals surface area contributed by atoms with Gasteiger partial charge in [-0.3, -0.25) is 0 Å². The number of alkyl halides is 1. The Hall–Kier alpha value is -0.280. The van der Waals surface area contributed by atoms with Gasteiger partial charge in [0.15, 0.2) is 0 Å². The van der Waals surface area contributed by atoms with E-state index in [1.807, 2.05) is 6.20 Å². The summed E-state index contributed by atoms with van der Waals surface area (Å²) in [5, 5.41) is 0. The van der Waals surface area contributed by atoms with Gasteiger partial charge < -0.3 is 4.90 Å². The molecular weight excluding hydrogens is 288 g/mol. The number of rotatable bonds is 3. The van der Waals surface area contributed by atoms with Crippen molar-refractivity contribution in [1.29, 1.82) is 0 Å². The lowest BCUT2D eigenvalue weighted by molar-refractivity contribution is 0.572. The normalized spacial score (nSPS) is 20.4. The molecular formula is C12H16BrClN2. The average molecular weight is 304 g/mol. The number of halogens is 2. The Morgan fingerprint density at radius 2 is 2.44 bits per heavy atom. The number of pyridine rings is 1. The van der Waals surface area contributed by atoms with Crippen molar-refractivity contribution in [1.82, 2.24) is 4.98 Å². The molecule has 1 aliphatic heterocycles. The van der Waals surface area contributed by atoms with E-state index in [4.69, 9.17) is 11.6 Å². The van der Waals surface area contributed by atoms with E-state index in [1.165, 1.54) is 12.0 Å². The standard InChI is InChI=1S/C12H16BrClN2/c1-9-6-11(13)7-15-12(9)16-5-3-10(8-16)2-4-14/h6-7,10H,2-5,8H2,1H3. The third-order valence-electron chi connectivity index (χ3n) is 3.12. The van der Waals surface area contributed by atoms with Crippen LogP contribution in [0.3, 0.4) is 0 Å². The predicted octanol–water partition coefficient (Wildman–Crippen LogP) is 3.61. The van der Waals surface area contributed by atoms with Crippen LogP contribution in [0.2, 0.25) is 0 Å². The second-order valence-corrected chi connectivity index (χ2v) is 5.67. The summed E-state index contributed by atoms with van der Waals surface area (Å²) in [6, 6.07) is 2.12. The summed E-state index contributed by atoms with van der Waals surface area (Å²) in [7, 11) is 0. The summed E-state index contributed by atoms with van der Waals surface area (Å²) >= 11 is 9.23. The van der Waals surface area contributed by atoms with E-state index in [0.717, 1.165) is 41.6 Å². The Morgan fingerprint density at radius 1 is 1.62 bits per heavy atom. The van der Waals surface area contributed by atoms with Crippen molar-refractivity contribution in [3.63, 3.8) is 0 Å². The number of anilines is 1. The summed E-state index contributed by atoms with van der Waals surface area (Å²) < 4.78 is 1.05.